The lowest BCUT2D eigenvalue weighted by atomic mass is 9.82. The number of aliphatic hydroxyl groups is 1. The number of ether oxygens (including phenoxy) is 2. The van der Waals surface area contributed by atoms with Gasteiger partial charge in [-0.3, -0.25) is 0 Å². The molecule has 0 aliphatic heterocycles. The van der Waals surface area contributed by atoms with Crippen molar-refractivity contribution in [2.45, 2.75) is 65.6 Å². The van der Waals surface area contributed by atoms with E-state index in [1.54, 1.807) is 7.11 Å². The second kappa shape index (κ2) is 6.17. The Hall–Kier alpha value is -0.120. The number of hydrogen-bond acceptors (Lipinski definition) is 3. The minimum atomic E-state index is -0.247. The second-order valence-corrected chi connectivity index (χ2v) is 6.86. The zero-order valence-electron chi connectivity index (χ0n) is 12.6. The second-order valence-electron chi connectivity index (χ2n) is 6.86. The first kappa shape index (κ1) is 16.9. The van der Waals surface area contributed by atoms with Gasteiger partial charge in [0.1, 0.15) is 0 Å². The van der Waals surface area contributed by atoms with Crippen molar-refractivity contribution in [3.8, 4) is 0 Å². The summed E-state index contributed by atoms with van der Waals surface area (Å²) in [4.78, 5) is 0. The molecule has 0 fully saturated rings. The first-order valence-corrected chi connectivity index (χ1v) is 6.34. The normalized spacial score (nSPS) is 14.1. The lowest BCUT2D eigenvalue weighted by Crippen LogP contribution is -2.41. The standard InChI is InChI=1S/C14H30O3/c1-12(2,11-15)10-14(5,6)17-13(3,4)8-9-16-7/h15H,8-11H2,1-7H3. The van der Waals surface area contributed by atoms with Crippen LogP contribution in [0.1, 0.15) is 54.4 Å². The van der Waals surface area contributed by atoms with Crippen molar-refractivity contribution in [3.63, 3.8) is 0 Å². The molecule has 0 bridgehead atoms. The van der Waals surface area contributed by atoms with Crippen LogP contribution in [0.2, 0.25) is 0 Å². The molecule has 0 aromatic heterocycles. The lowest BCUT2D eigenvalue weighted by molar-refractivity contribution is -0.148. The Morgan fingerprint density at radius 1 is 0.941 bits per heavy atom. The van der Waals surface area contributed by atoms with Gasteiger partial charge in [-0.25, -0.2) is 0 Å². The van der Waals surface area contributed by atoms with E-state index in [1.165, 1.54) is 0 Å². The maximum atomic E-state index is 9.32. The number of hydrogen-bond donors (Lipinski definition) is 1. The molecule has 0 aliphatic rings. The van der Waals surface area contributed by atoms with E-state index in [4.69, 9.17) is 9.47 Å². The Morgan fingerprint density at radius 2 is 1.47 bits per heavy atom. The molecule has 3 nitrogen and oxygen atoms in total. The first-order chi connectivity index (χ1) is 7.54. The summed E-state index contributed by atoms with van der Waals surface area (Å²) in [5.74, 6) is 0. The molecular weight excluding hydrogens is 216 g/mol. The van der Waals surface area contributed by atoms with Crippen molar-refractivity contribution >= 4 is 0 Å². The highest BCUT2D eigenvalue weighted by Crippen LogP contribution is 2.33. The molecule has 0 radical (unpaired) electrons. The van der Waals surface area contributed by atoms with Gasteiger partial charge in [-0.2, -0.15) is 0 Å². The van der Waals surface area contributed by atoms with Crippen molar-refractivity contribution in [2.24, 2.45) is 5.41 Å². The van der Waals surface area contributed by atoms with E-state index in [1.807, 2.05) is 0 Å². The molecule has 0 unspecified atom stereocenters. The summed E-state index contributed by atoms with van der Waals surface area (Å²) in [5.41, 5.74) is -0.560. The van der Waals surface area contributed by atoms with Crippen molar-refractivity contribution in [3.05, 3.63) is 0 Å². The van der Waals surface area contributed by atoms with Gasteiger partial charge < -0.3 is 14.6 Å². The summed E-state index contributed by atoms with van der Waals surface area (Å²) in [5, 5.41) is 9.32. The molecule has 0 heterocycles. The highest BCUT2D eigenvalue weighted by Gasteiger charge is 2.34. The van der Waals surface area contributed by atoms with Crippen LogP contribution in [0.25, 0.3) is 0 Å². The minimum absolute atomic E-state index is 0.110. The topological polar surface area (TPSA) is 38.7 Å². The van der Waals surface area contributed by atoms with Crippen LogP contribution in [0.15, 0.2) is 0 Å². The average molecular weight is 246 g/mol. The van der Waals surface area contributed by atoms with E-state index in [-0.39, 0.29) is 23.2 Å². The van der Waals surface area contributed by atoms with Gasteiger partial charge in [-0.15, -0.1) is 0 Å². The first-order valence-electron chi connectivity index (χ1n) is 6.34. The van der Waals surface area contributed by atoms with E-state index < -0.39 is 0 Å². The predicted octanol–water partition coefficient (Wildman–Crippen LogP) is 3.01. The fourth-order valence-corrected chi connectivity index (χ4v) is 2.39. The fourth-order valence-electron chi connectivity index (χ4n) is 2.39. The van der Waals surface area contributed by atoms with Crippen LogP contribution in [0.4, 0.5) is 0 Å². The van der Waals surface area contributed by atoms with Crippen LogP contribution >= 0.6 is 0 Å². The third-order valence-corrected chi connectivity index (χ3v) is 2.79. The SMILES string of the molecule is COCCC(C)(C)OC(C)(C)CC(C)(C)CO. The zero-order valence-corrected chi connectivity index (χ0v) is 12.6. The molecule has 0 aliphatic carbocycles. The van der Waals surface area contributed by atoms with Crippen LogP contribution in [-0.2, 0) is 9.47 Å². The highest BCUT2D eigenvalue weighted by atomic mass is 16.5. The van der Waals surface area contributed by atoms with Gasteiger partial charge in [0, 0.05) is 20.3 Å². The van der Waals surface area contributed by atoms with E-state index in [9.17, 15) is 5.11 Å². The Kier molecular flexibility index (Phi) is 6.12. The molecule has 0 rings (SSSR count). The molecule has 1 N–H and O–H groups in total. The number of rotatable bonds is 8. The van der Waals surface area contributed by atoms with Gasteiger partial charge in [0.15, 0.2) is 0 Å². The third kappa shape index (κ3) is 7.74. The summed E-state index contributed by atoms with van der Waals surface area (Å²) in [6.07, 6.45) is 1.69. The molecule has 0 aromatic rings. The summed E-state index contributed by atoms with van der Waals surface area (Å²) in [6.45, 7) is 13.3. The predicted molar refractivity (Wildman–Crippen MR) is 71.2 cm³/mol. The summed E-state index contributed by atoms with van der Waals surface area (Å²) < 4.78 is 11.3. The van der Waals surface area contributed by atoms with Crippen molar-refractivity contribution < 1.29 is 14.6 Å². The molecule has 0 atom stereocenters. The molecule has 17 heavy (non-hydrogen) atoms. The van der Waals surface area contributed by atoms with Gasteiger partial charge in [-0.05, 0) is 46.0 Å². The lowest BCUT2D eigenvalue weighted by Gasteiger charge is -2.40. The minimum Gasteiger partial charge on any atom is -0.396 e. The van der Waals surface area contributed by atoms with E-state index in [0.29, 0.717) is 6.61 Å². The molecule has 0 saturated carbocycles. The zero-order chi connectivity index (χ0) is 13.7. The van der Waals surface area contributed by atoms with Gasteiger partial charge in [0.25, 0.3) is 0 Å². The maximum absolute atomic E-state index is 9.32. The summed E-state index contributed by atoms with van der Waals surface area (Å²) in [6, 6.07) is 0. The van der Waals surface area contributed by atoms with E-state index >= 15 is 0 Å². The van der Waals surface area contributed by atoms with E-state index in [0.717, 1.165) is 12.8 Å². The number of aliphatic hydroxyl groups excluding tert-OH is 1. The van der Waals surface area contributed by atoms with Crippen LogP contribution < -0.4 is 0 Å². The summed E-state index contributed by atoms with van der Waals surface area (Å²) in [7, 11) is 1.70. The Morgan fingerprint density at radius 3 is 1.88 bits per heavy atom. The Balaban J connectivity index is 4.42. The Bertz CT molecular complexity index is 220. The van der Waals surface area contributed by atoms with E-state index in [2.05, 4.69) is 41.5 Å². The smallest absolute Gasteiger partial charge is 0.0655 e. The highest BCUT2D eigenvalue weighted by molar-refractivity contribution is 4.83. The van der Waals surface area contributed by atoms with Crippen LogP contribution in [-0.4, -0.2) is 36.6 Å². The van der Waals surface area contributed by atoms with Crippen molar-refractivity contribution in [1.29, 1.82) is 0 Å². The molecule has 0 aromatic carbocycles. The van der Waals surface area contributed by atoms with Crippen LogP contribution in [0, 0.1) is 5.41 Å². The van der Waals surface area contributed by atoms with Crippen molar-refractivity contribution in [1.82, 2.24) is 0 Å². The quantitative estimate of drug-likeness (QED) is 0.715. The van der Waals surface area contributed by atoms with Gasteiger partial charge in [-0.1, -0.05) is 13.8 Å². The molecule has 3 heteroatoms. The van der Waals surface area contributed by atoms with Crippen LogP contribution in [0.3, 0.4) is 0 Å². The van der Waals surface area contributed by atoms with Gasteiger partial charge in [0.2, 0.25) is 0 Å². The summed E-state index contributed by atoms with van der Waals surface area (Å²) >= 11 is 0. The average Bonchev–Trinajstić information content (AvgIpc) is 2.11. The van der Waals surface area contributed by atoms with Crippen LogP contribution in [0.5, 0.6) is 0 Å². The molecular formula is C14H30O3. The molecule has 104 valence electrons. The monoisotopic (exact) mass is 246 g/mol. The largest absolute Gasteiger partial charge is 0.396 e. The Labute approximate surface area is 107 Å². The van der Waals surface area contributed by atoms with Gasteiger partial charge >= 0.3 is 0 Å². The molecule has 0 amide bonds. The maximum Gasteiger partial charge on any atom is 0.0655 e. The van der Waals surface area contributed by atoms with Gasteiger partial charge in [0.05, 0.1) is 11.2 Å². The number of methoxy groups -OCH3 is 1. The third-order valence-electron chi connectivity index (χ3n) is 2.79. The molecule has 0 spiro atoms. The van der Waals surface area contributed by atoms with Crippen molar-refractivity contribution in [2.75, 3.05) is 20.3 Å². The fraction of sp³-hybridized carbons (Fsp3) is 1.00. The molecule has 0 saturated heterocycles.